The Morgan fingerprint density at radius 1 is 1.06 bits per heavy atom. The third kappa shape index (κ3) is 7.09. The zero-order valence-corrected chi connectivity index (χ0v) is 10.2. The van der Waals surface area contributed by atoms with Crippen LogP contribution in [0.5, 0.6) is 0 Å². The molecule has 0 saturated heterocycles. The average molecular weight is 232 g/mol. The molecule has 94 valence electrons. The average Bonchev–Trinajstić information content (AvgIpc) is 2.26. The van der Waals surface area contributed by atoms with Crippen LogP contribution in [0.4, 0.5) is 4.79 Å². The quantitative estimate of drug-likeness (QED) is 0.497. The summed E-state index contributed by atoms with van der Waals surface area (Å²) < 4.78 is 14.3. The Balaban J connectivity index is 3.73. The van der Waals surface area contributed by atoms with E-state index in [4.69, 9.17) is 9.47 Å². The Bertz CT molecular complexity index is 214. The van der Waals surface area contributed by atoms with E-state index in [1.807, 2.05) is 13.8 Å². The van der Waals surface area contributed by atoms with Gasteiger partial charge in [0, 0.05) is 0 Å². The number of ether oxygens (including phenoxy) is 3. The predicted octanol–water partition coefficient (Wildman–Crippen LogP) is 2.28. The van der Waals surface area contributed by atoms with Gasteiger partial charge in [0.2, 0.25) is 0 Å². The predicted molar refractivity (Wildman–Crippen MR) is 58.1 cm³/mol. The minimum atomic E-state index is -0.916. The van der Waals surface area contributed by atoms with Crippen LogP contribution in [-0.4, -0.2) is 31.4 Å². The summed E-state index contributed by atoms with van der Waals surface area (Å²) in [6.07, 6.45) is 0.715. The topological polar surface area (TPSA) is 61.8 Å². The molecule has 0 aliphatic rings. The summed E-state index contributed by atoms with van der Waals surface area (Å²) in [6, 6.07) is 0. The molecule has 0 rings (SSSR count). The van der Waals surface area contributed by atoms with Crippen LogP contribution in [0, 0.1) is 0 Å². The molecule has 0 bridgehead atoms. The standard InChI is InChI=1S/C11H20O5/c1-4-6-8-14-10(12)9(3)16-11(13)15-7-5-2/h9H,4-8H2,1-3H3/t9-/m0/s1. The fraction of sp³-hybridized carbons (Fsp3) is 0.818. The van der Waals surface area contributed by atoms with Gasteiger partial charge in [0.1, 0.15) is 0 Å². The van der Waals surface area contributed by atoms with Crippen molar-refractivity contribution >= 4 is 12.1 Å². The summed E-state index contributed by atoms with van der Waals surface area (Å²) in [5.41, 5.74) is 0. The molecule has 1 atom stereocenters. The molecule has 0 heterocycles. The molecule has 0 N–H and O–H groups in total. The lowest BCUT2D eigenvalue weighted by Crippen LogP contribution is -2.27. The van der Waals surface area contributed by atoms with E-state index in [1.54, 1.807) is 0 Å². The number of rotatable bonds is 7. The maximum absolute atomic E-state index is 11.3. The van der Waals surface area contributed by atoms with Crippen molar-refractivity contribution in [2.75, 3.05) is 13.2 Å². The van der Waals surface area contributed by atoms with Crippen LogP contribution >= 0.6 is 0 Å². The molecule has 0 radical (unpaired) electrons. The lowest BCUT2D eigenvalue weighted by molar-refractivity contribution is -0.154. The van der Waals surface area contributed by atoms with Gasteiger partial charge in [-0.25, -0.2) is 9.59 Å². The van der Waals surface area contributed by atoms with E-state index in [0.29, 0.717) is 13.0 Å². The molecule has 0 aliphatic heterocycles. The molecule has 0 aliphatic carbocycles. The second-order valence-electron chi connectivity index (χ2n) is 3.38. The van der Waals surface area contributed by atoms with Crippen molar-refractivity contribution in [2.45, 2.75) is 46.1 Å². The van der Waals surface area contributed by atoms with Crippen LogP contribution in [0.3, 0.4) is 0 Å². The van der Waals surface area contributed by atoms with E-state index < -0.39 is 18.2 Å². The smallest absolute Gasteiger partial charge is 0.463 e. The van der Waals surface area contributed by atoms with Crippen molar-refractivity contribution in [1.29, 1.82) is 0 Å². The zero-order valence-electron chi connectivity index (χ0n) is 10.2. The molecule has 0 aromatic heterocycles. The van der Waals surface area contributed by atoms with Crippen molar-refractivity contribution in [3.8, 4) is 0 Å². The van der Waals surface area contributed by atoms with Gasteiger partial charge >= 0.3 is 12.1 Å². The van der Waals surface area contributed by atoms with E-state index in [1.165, 1.54) is 6.92 Å². The Morgan fingerprint density at radius 2 is 1.75 bits per heavy atom. The first-order valence-electron chi connectivity index (χ1n) is 5.61. The summed E-state index contributed by atoms with van der Waals surface area (Å²) in [6.45, 7) is 5.97. The number of unbranched alkanes of at least 4 members (excludes halogenated alkanes) is 1. The molecule has 5 nitrogen and oxygen atoms in total. The lowest BCUT2D eigenvalue weighted by atomic mass is 10.3. The zero-order chi connectivity index (χ0) is 12.4. The molecule has 0 aromatic rings. The van der Waals surface area contributed by atoms with E-state index in [2.05, 4.69) is 4.74 Å². The fourth-order valence-electron chi connectivity index (χ4n) is 0.846. The first kappa shape index (κ1) is 14.7. The minimum absolute atomic E-state index is 0.288. The number of hydrogen-bond donors (Lipinski definition) is 0. The Hall–Kier alpha value is -1.26. The van der Waals surface area contributed by atoms with Gasteiger partial charge in [-0.2, -0.15) is 0 Å². The van der Waals surface area contributed by atoms with Gasteiger partial charge in [-0.1, -0.05) is 20.3 Å². The van der Waals surface area contributed by atoms with Crippen molar-refractivity contribution < 1.29 is 23.8 Å². The number of esters is 1. The largest absolute Gasteiger partial charge is 0.509 e. The van der Waals surface area contributed by atoms with Crippen molar-refractivity contribution in [2.24, 2.45) is 0 Å². The van der Waals surface area contributed by atoms with E-state index in [-0.39, 0.29) is 6.61 Å². The molecule has 0 spiro atoms. The Kier molecular flexibility index (Phi) is 8.29. The summed E-state index contributed by atoms with van der Waals surface area (Å²) in [7, 11) is 0. The van der Waals surface area contributed by atoms with Crippen molar-refractivity contribution in [3.05, 3.63) is 0 Å². The van der Waals surface area contributed by atoms with Crippen LogP contribution in [0.1, 0.15) is 40.0 Å². The summed E-state index contributed by atoms with van der Waals surface area (Å²) in [4.78, 5) is 22.3. The van der Waals surface area contributed by atoms with Crippen LogP contribution in [0.2, 0.25) is 0 Å². The summed E-state index contributed by atoms with van der Waals surface area (Å²) in [5.74, 6) is -0.540. The highest BCUT2D eigenvalue weighted by Crippen LogP contribution is 1.99. The van der Waals surface area contributed by atoms with Crippen LogP contribution in [0.25, 0.3) is 0 Å². The van der Waals surface area contributed by atoms with Crippen LogP contribution in [-0.2, 0) is 19.0 Å². The molecule has 0 aromatic carbocycles. The van der Waals surface area contributed by atoms with E-state index in [9.17, 15) is 9.59 Å². The SMILES string of the molecule is CCCCOC(=O)[C@H](C)OC(=O)OCCC. The molecule has 0 fully saturated rings. The number of carbonyl (C=O) groups is 2. The van der Waals surface area contributed by atoms with E-state index in [0.717, 1.165) is 12.8 Å². The normalized spacial score (nSPS) is 11.7. The molecular formula is C11H20O5. The third-order valence-corrected chi connectivity index (χ3v) is 1.77. The Morgan fingerprint density at radius 3 is 2.31 bits per heavy atom. The molecule has 0 unspecified atom stereocenters. The second-order valence-corrected chi connectivity index (χ2v) is 3.38. The van der Waals surface area contributed by atoms with Gasteiger partial charge in [-0.15, -0.1) is 0 Å². The fourth-order valence-corrected chi connectivity index (χ4v) is 0.846. The van der Waals surface area contributed by atoms with Crippen LogP contribution < -0.4 is 0 Å². The van der Waals surface area contributed by atoms with Crippen molar-refractivity contribution in [3.63, 3.8) is 0 Å². The monoisotopic (exact) mass is 232 g/mol. The number of carbonyl (C=O) groups excluding carboxylic acids is 2. The maximum atomic E-state index is 11.3. The second kappa shape index (κ2) is 9.00. The highest BCUT2D eigenvalue weighted by atomic mass is 16.7. The van der Waals surface area contributed by atoms with Gasteiger partial charge < -0.3 is 14.2 Å². The van der Waals surface area contributed by atoms with Gasteiger partial charge in [0.15, 0.2) is 6.10 Å². The molecule has 0 saturated carbocycles. The van der Waals surface area contributed by atoms with E-state index >= 15 is 0 Å². The van der Waals surface area contributed by atoms with Gasteiger partial charge in [0.25, 0.3) is 0 Å². The molecule has 16 heavy (non-hydrogen) atoms. The van der Waals surface area contributed by atoms with Crippen molar-refractivity contribution in [1.82, 2.24) is 0 Å². The third-order valence-electron chi connectivity index (χ3n) is 1.77. The molecule has 0 amide bonds. The minimum Gasteiger partial charge on any atom is -0.463 e. The van der Waals surface area contributed by atoms with Gasteiger partial charge in [-0.05, 0) is 19.8 Å². The maximum Gasteiger partial charge on any atom is 0.509 e. The summed E-state index contributed by atoms with van der Waals surface area (Å²) >= 11 is 0. The lowest BCUT2D eigenvalue weighted by Gasteiger charge is -2.12. The molecular weight excluding hydrogens is 212 g/mol. The first-order valence-corrected chi connectivity index (χ1v) is 5.61. The number of hydrogen-bond acceptors (Lipinski definition) is 5. The van der Waals surface area contributed by atoms with Crippen LogP contribution in [0.15, 0.2) is 0 Å². The van der Waals surface area contributed by atoms with Gasteiger partial charge in [-0.3, -0.25) is 0 Å². The molecule has 5 heteroatoms. The summed E-state index contributed by atoms with van der Waals surface area (Å²) in [5, 5.41) is 0. The highest BCUT2D eigenvalue weighted by Gasteiger charge is 2.19. The first-order chi connectivity index (χ1) is 7.61. The highest BCUT2D eigenvalue weighted by molar-refractivity contribution is 5.76. The Labute approximate surface area is 96.1 Å². The van der Waals surface area contributed by atoms with Gasteiger partial charge in [0.05, 0.1) is 13.2 Å².